The zero-order valence-electron chi connectivity index (χ0n) is 20.7. The molecule has 0 aromatic carbocycles. The van der Waals surface area contributed by atoms with Crippen molar-refractivity contribution >= 4 is 8.80 Å². The van der Waals surface area contributed by atoms with E-state index in [-0.39, 0.29) is 14.2 Å². The first-order valence-corrected chi connectivity index (χ1v) is 12.7. The largest absolute Gasteiger partial charge is 0.509 e. The smallest absolute Gasteiger partial charge is 0.377 e. The highest BCUT2D eigenvalue weighted by Gasteiger charge is 2.92. The highest BCUT2D eigenvalue weighted by atomic mass is 28.4. The first kappa shape index (κ1) is 40.7. The Morgan fingerprint density at radius 1 is 0.429 bits per heavy atom. The molecule has 42 heavy (non-hydrogen) atoms. The molecule has 0 aromatic rings. The average Bonchev–Trinajstić information content (AvgIpc) is 2.79. The summed E-state index contributed by atoms with van der Waals surface area (Å²) in [5.74, 6) is -54.1. The van der Waals surface area contributed by atoms with Crippen LogP contribution >= 0.6 is 0 Å². The van der Waals surface area contributed by atoms with Gasteiger partial charge in [-0.25, -0.2) is 0 Å². The van der Waals surface area contributed by atoms with E-state index in [0.717, 1.165) is 0 Å². The van der Waals surface area contributed by atoms with Gasteiger partial charge in [0.05, 0.1) is 0 Å². The van der Waals surface area contributed by atoms with E-state index in [2.05, 4.69) is 13.3 Å². The van der Waals surface area contributed by atoms with Crippen molar-refractivity contribution in [2.24, 2.45) is 0 Å². The van der Waals surface area contributed by atoms with Crippen LogP contribution in [0.15, 0.2) is 0 Å². The first-order chi connectivity index (χ1) is 18.2. The van der Waals surface area contributed by atoms with Crippen molar-refractivity contribution in [3.63, 3.8) is 0 Å². The summed E-state index contributed by atoms with van der Waals surface area (Å²) >= 11 is 0. The van der Waals surface area contributed by atoms with E-state index < -0.39 is 107 Å². The molecule has 254 valence electrons. The number of halogens is 20. The van der Waals surface area contributed by atoms with E-state index >= 15 is 0 Å². The van der Waals surface area contributed by atoms with Gasteiger partial charge >= 0.3 is 62.6 Å². The Kier molecular flexibility index (Phi) is 12.2. The minimum atomic E-state index is -8.45. The molecule has 0 atom stereocenters. The molecular formula is C18H20F20O3Si. The van der Waals surface area contributed by atoms with Gasteiger partial charge in [-0.05, 0) is 12.8 Å². The lowest BCUT2D eigenvalue weighted by atomic mass is 9.88. The Morgan fingerprint density at radius 3 is 1.14 bits per heavy atom. The molecule has 0 heterocycles. The third kappa shape index (κ3) is 8.24. The van der Waals surface area contributed by atoms with E-state index in [1.807, 2.05) is 0 Å². The van der Waals surface area contributed by atoms with Crippen LogP contribution in [0.25, 0.3) is 0 Å². The third-order valence-electron chi connectivity index (χ3n) is 5.46. The van der Waals surface area contributed by atoms with Gasteiger partial charge in [0, 0.05) is 27.1 Å². The van der Waals surface area contributed by atoms with Gasteiger partial charge in [0.1, 0.15) is 12.7 Å². The van der Waals surface area contributed by atoms with Crippen molar-refractivity contribution < 1.29 is 101 Å². The highest BCUT2D eigenvalue weighted by molar-refractivity contribution is 6.60. The van der Waals surface area contributed by atoms with Gasteiger partial charge in [0.2, 0.25) is 0 Å². The number of alkyl halides is 20. The average molecular weight is 692 g/mol. The van der Waals surface area contributed by atoms with E-state index in [1.54, 1.807) is 0 Å². The molecular weight excluding hydrogens is 672 g/mol. The van der Waals surface area contributed by atoms with E-state index in [1.165, 1.54) is 0 Å². The van der Waals surface area contributed by atoms with Crippen LogP contribution in [-0.2, 0) is 13.3 Å². The molecule has 3 nitrogen and oxygen atoms in total. The van der Waals surface area contributed by atoms with Crippen molar-refractivity contribution in [2.75, 3.05) is 20.8 Å². The Morgan fingerprint density at radius 2 is 0.786 bits per heavy atom. The Hall–Kier alpha value is -1.30. The molecule has 0 bridgehead atoms. The summed E-state index contributed by atoms with van der Waals surface area (Å²) in [7, 11) is -5.09. The fraction of sp³-hybridized carbons (Fsp3) is 1.00. The minimum Gasteiger partial charge on any atom is -0.377 e. The molecule has 0 aromatic heterocycles. The second kappa shape index (κ2) is 12.6. The van der Waals surface area contributed by atoms with Gasteiger partial charge in [-0.1, -0.05) is 6.42 Å². The summed E-state index contributed by atoms with van der Waals surface area (Å²) in [5.41, 5.74) is 0. The minimum absolute atomic E-state index is 0.250. The lowest BCUT2D eigenvalue weighted by Crippen LogP contribution is -2.73. The summed E-state index contributed by atoms with van der Waals surface area (Å²) in [6.45, 7) is -3.45. The second-order valence-corrected chi connectivity index (χ2v) is 11.5. The van der Waals surface area contributed by atoms with Crippen molar-refractivity contribution in [3.05, 3.63) is 0 Å². The molecule has 0 radical (unpaired) electrons. The van der Waals surface area contributed by atoms with Gasteiger partial charge in [-0.3, -0.25) is 0 Å². The zero-order chi connectivity index (χ0) is 34.1. The molecule has 0 rings (SSSR count). The molecule has 0 amide bonds. The molecule has 24 heteroatoms. The predicted octanol–water partition coefficient (Wildman–Crippen LogP) is 8.76. The highest BCUT2D eigenvalue weighted by Crippen LogP contribution is 2.62. The normalized spacial score (nSPS) is 15.9. The van der Waals surface area contributed by atoms with Crippen molar-refractivity contribution in [3.8, 4) is 0 Å². The molecule has 0 fully saturated rings. The summed E-state index contributed by atoms with van der Waals surface area (Å²) in [5, 5.41) is 0. The number of hydrogen-bond acceptors (Lipinski definition) is 3. The fourth-order valence-electron chi connectivity index (χ4n) is 2.99. The molecule has 0 N–H and O–H groups in total. The maximum atomic E-state index is 14.0. The standard InChI is InChI=1S/C18H20F20O3Si/c1-39-42(40-2,9-13(26,27)28)41-8-11(21,22)15(31,32)17(35,36)18(37,38)16(33,34)14(29,30)10(19,20)6-4-3-5-7-12(23,24)25/h3-9H2,1-2H3. The summed E-state index contributed by atoms with van der Waals surface area (Å²) in [4.78, 5) is 0. The van der Waals surface area contributed by atoms with Crippen LogP contribution in [0.4, 0.5) is 87.8 Å². The number of rotatable bonds is 17. The van der Waals surface area contributed by atoms with Gasteiger partial charge in [0.25, 0.3) is 0 Å². The topological polar surface area (TPSA) is 27.7 Å². The van der Waals surface area contributed by atoms with Crippen LogP contribution in [0.5, 0.6) is 0 Å². The molecule has 0 saturated heterocycles. The predicted molar refractivity (Wildman–Crippen MR) is 100 cm³/mol. The first-order valence-electron chi connectivity index (χ1n) is 10.8. The van der Waals surface area contributed by atoms with E-state index in [0.29, 0.717) is 0 Å². The second-order valence-electron chi connectivity index (χ2n) is 8.63. The lowest BCUT2D eigenvalue weighted by molar-refractivity contribution is -0.442. The van der Waals surface area contributed by atoms with Gasteiger partial charge in [-0.15, -0.1) is 0 Å². The molecule has 0 unspecified atom stereocenters. The molecule has 0 aliphatic heterocycles. The van der Waals surface area contributed by atoms with Crippen molar-refractivity contribution in [1.29, 1.82) is 0 Å². The fourth-order valence-corrected chi connectivity index (χ4v) is 4.68. The molecule has 0 spiro atoms. The SMILES string of the molecule is CO[Si](CC(F)(F)F)(OC)OCC(F)(F)C(F)(F)C(F)(F)C(F)(F)C(F)(F)C(F)(F)C(F)(F)CCCCCC(F)(F)F. The molecule has 0 saturated carbocycles. The van der Waals surface area contributed by atoms with Gasteiger partial charge in [-0.2, -0.15) is 87.8 Å². The summed E-state index contributed by atoms with van der Waals surface area (Å²) < 4.78 is 280. The van der Waals surface area contributed by atoms with Crippen LogP contribution < -0.4 is 0 Å². The van der Waals surface area contributed by atoms with Crippen LogP contribution in [0.1, 0.15) is 32.1 Å². The maximum absolute atomic E-state index is 14.0. The quantitative estimate of drug-likeness (QED) is 0.0868. The van der Waals surface area contributed by atoms with Crippen LogP contribution in [-0.4, -0.2) is 83.4 Å². The zero-order valence-corrected chi connectivity index (χ0v) is 21.7. The maximum Gasteiger partial charge on any atom is 0.509 e. The third-order valence-corrected chi connectivity index (χ3v) is 8.12. The Balaban J connectivity index is 6.23. The van der Waals surface area contributed by atoms with E-state index in [4.69, 9.17) is 0 Å². The van der Waals surface area contributed by atoms with Gasteiger partial charge in [0.15, 0.2) is 0 Å². The number of unbranched alkanes of at least 4 members (excludes halogenated alkanes) is 2. The summed E-state index contributed by atoms with van der Waals surface area (Å²) in [6, 6.07) is -2.48. The van der Waals surface area contributed by atoms with Crippen LogP contribution in [0.2, 0.25) is 6.04 Å². The number of hydrogen-bond donors (Lipinski definition) is 0. The Bertz CT molecular complexity index is 865. The lowest BCUT2D eigenvalue weighted by Gasteiger charge is -2.43. The summed E-state index contributed by atoms with van der Waals surface area (Å²) in [6.07, 6.45) is -18.4. The molecule has 0 aliphatic carbocycles. The van der Waals surface area contributed by atoms with Crippen molar-refractivity contribution in [2.45, 2.75) is 92.0 Å². The van der Waals surface area contributed by atoms with Gasteiger partial charge < -0.3 is 13.3 Å². The monoisotopic (exact) mass is 692 g/mol. The van der Waals surface area contributed by atoms with Crippen molar-refractivity contribution in [1.82, 2.24) is 0 Å². The van der Waals surface area contributed by atoms with Crippen LogP contribution in [0, 0.1) is 0 Å². The van der Waals surface area contributed by atoms with E-state index in [9.17, 15) is 87.8 Å². The Labute approximate surface area is 223 Å². The molecule has 0 aliphatic rings. The van der Waals surface area contributed by atoms with Crippen LogP contribution in [0.3, 0.4) is 0 Å².